The molecule has 0 radical (unpaired) electrons. The van der Waals surface area contributed by atoms with Gasteiger partial charge in [-0.15, -0.1) is 0 Å². The van der Waals surface area contributed by atoms with Crippen LogP contribution in [0.2, 0.25) is 0 Å². The van der Waals surface area contributed by atoms with Gasteiger partial charge in [0.15, 0.2) is 0 Å². The highest BCUT2D eigenvalue weighted by Gasteiger charge is 2.35. The Bertz CT molecular complexity index is 750. The minimum absolute atomic E-state index is 0.0662. The maximum atomic E-state index is 13.3. The van der Waals surface area contributed by atoms with Crippen molar-refractivity contribution in [3.63, 3.8) is 0 Å². The Morgan fingerprint density at radius 3 is 2.54 bits per heavy atom. The van der Waals surface area contributed by atoms with Gasteiger partial charge in [-0.05, 0) is 26.3 Å². The molecular weight excluding hydrogens is 366 g/mol. The summed E-state index contributed by atoms with van der Waals surface area (Å²) in [6.07, 6.45) is 2.02. The Hall–Kier alpha value is -1.55. The van der Waals surface area contributed by atoms with Crippen LogP contribution in [0, 0.1) is 0 Å². The molecule has 1 atom stereocenters. The van der Waals surface area contributed by atoms with Crippen molar-refractivity contribution in [3.05, 3.63) is 6.07 Å². The lowest BCUT2D eigenvalue weighted by Gasteiger charge is -2.29. The van der Waals surface area contributed by atoms with Crippen LogP contribution in [0.3, 0.4) is 0 Å². The number of likely N-dealkylation sites (tertiary alicyclic amines) is 1. The minimum Gasteiger partial charge on any atom is -0.473 e. The van der Waals surface area contributed by atoms with Crippen molar-refractivity contribution in [1.29, 1.82) is 0 Å². The van der Waals surface area contributed by atoms with Crippen molar-refractivity contribution in [3.8, 4) is 5.88 Å². The molecule has 1 unspecified atom stereocenters. The second-order valence-corrected chi connectivity index (χ2v) is 9.12. The fourth-order valence-electron chi connectivity index (χ4n) is 3.26. The molecule has 1 aromatic heterocycles. The third-order valence-electron chi connectivity index (χ3n) is 4.72. The Kier molecular flexibility index (Phi) is 5.34. The average Bonchev–Trinajstić information content (AvgIpc) is 2.93. The molecule has 1 saturated carbocycles. The Morgan fingerprint density at radius 1 is 1.27 bits per heavy atom. The summed E-state index contributed by atoms with van der Waals surface area (Å²) in [5.74, 6) is -2.15. The van der Waals surface area contributed by atoms with E-state index < -0.39 is 15.8 Å². The van der Waals surface area contributed by atoms with Crippen LogP contribution in [0.1, 0.15) is 32.1 Å². The molecule has 0 amide bonds. The summed E-state index contributed by atoms with van der Waals surface area (Å²) >= 11 is 0. The van der Waals surface area contributed by atoms with E-state index in [-0.39, 0.29) is 41.8 Å². The summed E-state index contributed by atoms with van der Waals surface area (Å²) in [5, 5.41) is 2.74. The van der Waals surface area contributed by atoms with Crippen LogP contribution < -0.4 is 10.1 Å². The molecule has 1 N–H and O–H groups in total. The third kappa shape index (κ3) is 5.00. The zero-order valence-corrected chi connectivity index (χ0v) is 15.7. The molecule has 1 saturated heterocycles. The summed E-state index contributed by atoms with van der Waals surface area (Å²) in [6.45, 7) is 1.63. The first-order valence-electron chi connectivity index (χ1n) is 8.69. The molecule has 3 rings (SSSR count). The van der Waals surface area contributed by atoms with Crippen LogP contribution >= 0.6 is 0 Å². The molecule has 26 heavy (non-hydrogen) atoms. The molecule has 1 aromatic rings. The molecule has 1 aliphatic carbocycles. The molecule has 146 valence electrons. The first-order valence-corrected chi connectivity index (χ1v) is 10.6. The van der Waals surface area contributed by atoms with Crippen LogP contribution in [-0.2, 0) is 9.84 Å². The molecule has 0 aromatic carbocycles. The second-order valence-electron chi connectivity index (χ2n) is 7.21. The molecule has 10 heteroatoms. The lowest BCUT2D eigenvalue weighted by molar-refractivity contribution is -0.0361. The van der Waals surface area contributed by atoms with Gasteiger partial charge in [-0.3, -0.25) is 0 Å². The van der Waals surface area contributed by atoms with Crippen LogP contribution in [0.5, 0.6) is 5.88 Å². The summed E-state index contributed by atoms with van der Waals surface area (Å²) in [6, 6.07) is 1.36. The summed E-state index contributed by atoms with van der Waals surface area (Å²) in [5.41, 5.74) is 0. The highest BCUT2D eigenvalue weighted by atomic mass is 32.2. The number of nitrogens with one attached hydrogen (secondary N) is 1. The number of rotatable bonds is 5. The average molecular weight is 390 g/mol. The largest absolute Gasteiger partial charge is 0.473 e. The Balaban J connectivity index is 1.77. The lowest BCUT2D eigenvalue weighted by atomic mass is 9.92. The van der Waals surface area contributed by atoms with E-state index in [2.05, 4.69) is 20.2 Å². The van der Waals surface area contributed by atoms with E-state index in [0.29, 0.717) is 12.8 Å². The van der Waals surface area contributed by atoms with Gasteiger partial charge in [-0.2, -0.15) is 4.98 Å². The molecule has 2 heterocycles. The van der Waals surface area contributed by atoms with Crippen LogP contribution in [0.25, 0.3) is 0 Å². The summed E-state index contributed by atoms with van der Waals surface area (Å²) in [7, 11) is -1.64. The zero-order valence-electron chi connectivity index (χ0n) is 14.9. The predicted molar refractivity (Wildman–Crippen MR) is 92.5 cm³/mol. The quantitative estimate of drug-likeness (QED) is 0.769. The van der Waals surface area contributed by atoms with Crippen LogP contribution in [-0.4, -0.2) is 67.7 Å². The van der Waals surface area contributed by atoms with E-state index >= 15 is 0 Å². The fraction of sp³-hybridized carbons (Fsp3) is 0.750. The number of aromatic nitrogens is 2. The van der Waals surface area contributed by atoms with Crippen molar-refractivity contribution in [1.82, 2.24) is 14.9 Å². The number of anilines is 1. The zero-order chi connectivity index (χ0) is 18.9. The highest BCUT2D eigenvalue weighted by Crippen LogP contribution is 2.34. The predicted octanol–water partition coefficient (Wildman–Crippen LogP) is 1.95. The number of hydrogen-bond acceptors (Lipinski definition) is 7. The van der Waals surface area contributed by atoms with Crippen molar-refractivity contribution < 1.29 is 21.9 Å². The maximum Gasteiger partial charge on any atom is 0.252 e. The minimum atomic E-state index is -3.62. The fourth-order valence-corrected chi connectivity index (χ4v) is 3.78. The van der Waals surface area contributed by atoms with E-state index in [1.165, 1.54) is 0 Å². The van der Waals surface area contributed by atoms with Gasteiger partial charge in [-0.1, -0.05) is 0 Å². The van der Waals surface area contributed by atoms with E-state index in [0.717, 1.165) is 25.8 Å². The van der Waals surface area contributed by atoms with Gasteiger partial charge in [0.1, 0.15) is 11.9 Å². The molecular formula is C16H24F2N4O3S. The normalized spacial score (nSPS) is 24.5. The monoisotopic (exact) mass is 390 g/mol. The SMILES string of the molecule is CN1CCC(Oc2cc(NC3CCC(F)(F)CC3)nc(S(C)(=O)=O)n2)C1. The lowest BCUT2D eigenvalue weighted by Crippen LogP contribution is -2.32. The van der Waals surface area contributed by atoms with Crippen LogP contribution in [0.15, 0.2) is 11.2 Å². The second kappa shape index (κ2) is 7.22. The van der Waals surface area contributed by atoms with Gasteiger partial charge in [0.2, 0.25) is 21.6 Å². The number of alkyl halides is 2. The van der Waals surface area contributed by atoms with Gasteiger partial charge in [0.25, 0.3) is 5.16 Å². The first-order chi connectivity index (χ1) is 12.1. The van der Waals surface area contributed by atoms with Gasteiger partial charge >= 0.3 is 0 Å². The number of hydrogen-bond donors (Lipinski definition) is 1. The van der Waals surface area contributed by atoms with Crippen molar-refractivity contribution in [2.45, 2.75) is 55.3 Å². The maximum absolute atomic E-state index is 13.3. The van der Waals surface area contributed by atoms with Gasteiger partial charge in [0.05, 0.1) is 0 Å². The Morgan fingerprint density at radius 2 is 1.96 bits per heavy atom. The highest BCUT2D eigenvalue weighted by molar-refractivity contribution is 7.90. The van der Waals surface area contributed by atoms with Crippen molar-refractivity contribution >= 4 is 15.7 Å². The summed E-state index contributed by atoms with van der Waals surface area (Å²) < 4.78 is 56.2. The number of likely N-dealkylation sites (N-methyl/N-ethyl adjacent to an activating group) is 1. The van der Waals surface area contributed by atoms with E-state index in [1.807, 2.05) is 7.05 Å². The standard InChI is InChI=1S/C16H24F2N4O3S/c1-22-8-5-12(10-22)25-14-9-13(20-15(21-14)26(2,23)24)19-11-3-6-16(17,18)7-4-11/h9,11-12H,3-8,10H2,1-2H3,(H,19,20,21). The molecule has 7 nitrogen and oxygen atoms in total. The topological polar surface area (TPSA) is 84.4 Å². The Labute approximate surface area is 152 Å². The molecule has 0 spiro atoms. The molecule has 0 bridgehead atoms. The summed E-state index contributed by atoms with van der Waals surface area (Å²) in [4.78, 5) is 10.2. The third-order valence-corrected chi connectivity index (χ3v) is 5.56. The first kappa shape index (κ1) is 19.2. The van der Waals surface area contributed by atoms with Crippen molar-refractivity contribution in [2.24, 2.45) is 0 Å². The number of halogens is 2. The van der Waals surface area contributed by atoms with E-state index in [1.54, 1.807) is 6.07 Å². The molecule has 1 aliphatic heterocycles. The van der Waals surface area contributed by atoms with E-state index in [4.69, 9.17) is 4.74 Å². The number of ether oxygens (including phenoxy) is 1. The molecule has 2 fully saturated rings. The van der Waals surface area contributed by atoms with E-state index in [9.17, 15) is 17.2 Å². The van der Waals surface area contributed by atoms with Crippen LogP contribution in [0.4, 0.5) is 14.6 Å². The van der Waals surface area contributed by atoms with Gasteiger partial charge < -0.3 is 15.0 Å². The number of sulfone groups is 1. The number of nitrogens with zero attached hydrogens (tertiary/aromatic N) is 3. The smallest absolute Gasteiger partial charge is 0.252 e. The van der Waals surface area contributed by atoms with Gasteiger partial charge in [-0.25, -0.2) is 22.2 Å². The molecule has 2 aliphatic rings. The van der Waals surface area contributed by atoms with Crippen molar-refractivity contribution in [2.75, 3.05) is 31.7 Å². The van der Waals surface area contributed by atoms with Gasteiger partial charge in [0, 0.05) is 44.3 Å².